The Balaban J connectivity index is 2.09. The molecule has 0 amide bonds. The highest BCUT2D eigenvalue weighted by Gasteiger charge is 2.19. The summed E-state index contributed by atoms with van der Waals surface area (Å²) in [4.78, 5) is 8.69. The fraction of sp³-hybridized carbons (Fsp3) is 0.692. The van der Waals surface area contributed by atoms with Gasteiger partial charge in [-0.05, 0) is 24.8 Å². The number of hydrogen-bond donors (Lipinski definition) is 0. The van der Waals surface area contributed by atoms with Gasteiger partial charge in [0.25, 0.3) is 0 Å². The van der Waals surface area contributed by atoms with Gasteiger partial charge < -0.3 is 4.74 Å². The Morgan fingerprint density at radius 3 is 2.81 bits per heavy atom. The standard InChI is InChI=1S/C13H20N2O/c1-13(2,3)12-7-11(14-9-15-12)6-10-4-5-16-8-10/h7,9-10H,4-6,8H2,1-3H3/t10-/m0/s1. The van der Waals surface area contributed by atoms with Crippen LogP contribution in [0.25, 0.3) is 0 Å². The minimum Gasteiger partial charge on any atom is -0.381 e. The lowest BCUT2D eigenvalue weighted by atomic mass is 9.90. The average Bonchev–Trinajstić information content (AvgIpc) is 2.70. The van der Waals surface area contributed by atoms with Crippen LogP contribution in [0.1, 0.15) is 38.6 Å². The molecule has 0 bridgehead atoms. The SMILES string of the molecule is CC(C)(C)c1cc(C[C@@H]2CCOC2)ncn1. The van der Waals surface area contributed by atoms with E-state index in [1.807, 2.05) is 0 Å². The van der Waals surface area contributed by atoms with E-state index in [0.29, 0.717) is 5.92 Å². The molecule has 3 heteroatoms. The molecule has 1 aromatic heterocycles. The van der Waals surface area contributed by atoms with E-state index < -0.39 is 0 Å². The van der Waals surface area contributed by atoms with Crippen LogP contribution in [0.3, 0.4) is 0 Å². The van der Waals surface area contributed by atoms with E-state index in [-0.39, 0.29) is 5.41 Å². The molecule has 2 rings (SSSR count). The first kappa shape index (κ1) is 11.5. The molecule has 1 fully saturated rings. The van der Waals surface area contributed by atoms with E-state index >= 15 is 0 Å². The molecule has 3 nitrogen and oxygen atoms in total. The van der Waals surface area contributed by atoms with Gasteiger partial charge in [0.05, 0.1) is 0 Å². The zero-order chi connectivity index (χ0) is 11.6. The Hall–Kier alpha value is -0.960. The largest absolute Gasteiger partial charge is 0.381 e. The summed E-state index contributed by atoms with van der Waals surface area (Å²) in [6.07, 6.45) is 3.87. The van der Waals surface area contributed by atoms with Gasteiger partial charge in [-0.25, -0.2) is 9.97 Å². The minimum absolute atomic E-state index is 0.101. The number of nitrogens with zero attached hydrogens (tertiary/aromatic N) is 2. The third kappa shape index (κ3) is 2.79. The first-order chi connectivity index (χ1) is 7.55. The Morgan fingerprint density at radius 2 is 2.19 bits per heavy atom. The third-order valence-corrected chi connectivity index (χ3v) is 3.01. The molecule has 0 saturated carbocycles. The van der Waals surface area contributed by atoms with Crippen LogP contribution in [0.2, 0.25) is 0 Å². The second kappa shape index (κ2) is 4.50. The van der Waals surface area contributed by atoms with E-state index in [2.05, 4.69) is 36.8 Å². The Morgan fingerprint density at radius 1 is 1.38 bits per heavy atom. The van der Waals surface area contributed by atoms with Gasteiger partial charge in [0.2, 0.25) is 0 Å². The molecule has 0 aliphatic carbocycles. The van der Waals surface area contributed by atoms with E-state index in [4.69, 9.17) is 4.74 Å². The first-order valence-corrected chi connectivity index (χ1v) is 5.95. The van der Waals surface area contributed by atoms with Gasteiger partial charge >= 0.3 is 0 Å². The molecule has 1 atom stereocenters. The van der Waals surface area contributed by atoms with Gasteiger partial charge in [0.1, 0.15) is 6.33 Å². The number of rotatable bonds is 2. The Kier molecular flexibility index (Phi) is 3.24. The lowest BCUT2D eigenvalue weighted by molar-refractivity contribution is 0.185. The average molecular weight is 220 g/mol. The smallest absolute Gasteiger partial charge is 0.115 e. The molecule has 88 valence electrons. The molecule has 1 aliphatic rings. The second-order valence-electron chi connectivity index (χ2n) is 5.58. The van der Waals surface area contributed by atoms with Crippen molar-refractivity contribution in [1.29, 1.82) is 0 Å². The van der Waals surface area contributed by atoms with Crippen LogP contribution in [-0.4, -0.2) is 23.2 Å². The highest BCUT2D eigenvalue weighted by Crippen LogP contribution is 2.22. The van der Waals surface area contributed by atoms with Gasteiger partial charge in [-0.15, -0.1) is 0 Å². The second-order valence-corrected chi connectivity index (χ2v) is 5.58. The van der Waals surface area contributed by atoms with Crippen molar-refractivity contribution in [2.45, 2.75) is 39.0 Å². The summed E-state index contributed by atoms with van der Waals surface area (Å²) < 4.78 is 5.38. The van der Waals surface area contributed by atoms with Crippen LogP contribution >= 0.6 is 0 Å². The predicted octanol–water partition coefficient (Wildman–Crippen LogP) is 2.35. The monoisotopic (exact) mass is 220 g/mol. The molecule has 2 heterocycles. The summed E-state index contributed by atoms with van der Waals surface area (Å²) in [5, 5.41) is 0. The van der Waals surface area contributed by atoms with Gasteiger partial charge in [0, 0.05) is 30.0 Å². The third-order valence-electron chi connectivity index (χ3n) is 3.01. The molecule has 1 saturated heterocycles. The summed E-state index contributed by atoms with van der Waals surface area (Å²) in [5.41, 5.74) is 2.37. The van der Waals surface area contributed by atoms with Crippen LogP contribution in [0, 0.1) is 5.92 Å². The van der Waals surface area contributed by atoms with Crippen molar-refractivity contribution >= 4 is 0 Å². The summed E-state index contributed by atoms with van der Waals surface area (Å²) >= 11 is 0. The highest BCUT2D eigenvalue weighted by atomic mass is 16.5. The molecular formula is C13H20N2O. The van der Waals surface area contributed by atoms with Crippen LogP contribution in [0.4, 0.5) is 0 Å². The van der Waals surface area contributed by atoms with Gasteiger partial charge in [0.15, 0.2) is 0 Å². The summed E-state index contributed by atoms with van der Waals surface area (Å²) in [7, 11) is 0. The first-order valence-electron chi connectivity index (χ1n) is 5.95. The van der Waals surface area contributed by atoms with Crippen LogP contribution in [0.15, 0.2) is 12.4 Å². The maximum Gasteiger partial charge on any atom is 0.115 e. The summed E-state index contributed by atoms with van der Waals surface area (Å²) in [6.45, 7) is 8.32. The fourth-order valence-corrected chi connectivity index (χ4v) is 1.96. The molecule has 1 aromatic rings. The van der Waals surface area contributed by atoms with E-state index in [0.717, 1.165) is 37.4 Å². The molecule has 0 radical (unpaired) electrons. The molecule has 0 N–H and O–H groups in total. The van der Waals surface area contributed by atoms with Crippen molar-refractivity contribution in [2.24, 2.45) is 5.92 Å². The van der Waals surface area contributed by atoms with Crippen molar-refractivity contribution in [3.8, 4) is 0 Å². The molecule has 1 aliphatic heterocycles. The van der Waals surface area contributed by atoms with Crippen molar-refractivity contribution < 1.29 is 4.74 Å². The molecule has 0 spiro atoms. The van der Waals surface area contributed by atoms with Crippen LogP contribution in [0.5, 0.6) is 0 Å². The van der Waals surface area contributed by atoms with Gasteiger partial charge in [-0.1, -0.05) is 20.8 Å². The lowest BCUT2D eigenvalue weighted by Crippen LogP contribution is -2.15. The number of hydrogen-bond acceptors (Lipinski definition) is 3. The summed E-state index contributed by atoms with van der Waals surface area (Å²) in [5.74, 6) is 0.641. The van der Waals surface area contributed by atoms with E-state index in [1.54, 1.807) is 6.33 Å². The normalized spacial score (nSPS) is 21.3. The minimum atomic E-state index is 0.101. The van der Waals surface area contributed by atoms with Crippen molar-refractivity contribution in [1.82, 2.24) is 9.97 Å². The van der Waals surface area contributed by atoms with Crippen LogP contribution < -0.4 is 0 Å². The quantitative estimate of drug-likeness (QED) is 0.767. The topological polar surface area (TPSA) is 35.0 Å². The van der Waals surface area contributed by atoms with E-state index in [9.17, 15) is 0 Å². The summed E-state index contributed by atoms with van der Waals surface area (Å²) in [6, 6.07) is 2.14. The number of ether oxygens (including phenoxy) is 1. The lowest BCUT2D eigenvalue weighted by Gasteiger charge is -2.18. The van der Waals surface area contributed by atoms with Crippen LogP contribution in [-0.2, 0) is 16.6 Å². The van der Waals surface area contributed by atoms with Crippen molar-refractivity contribution in [2.75, 3.05) is 13.2 Å². The highest BCUT2D eigenvalue weighted by molar-refractivity contribution is 5.16. The van der Waals surface area contributed by atoms with Gasteiger partial charge in [-0.3, -0.25) is 0 Å². The van der Waals surface area contributed by atoms with Crippen molar-refractivity contribution in [3.63, 3.8) is 0 Å². The maximum atomic E-state index is 5.38. The zero-order valence-corrected chi connectivity index (χ0v) is 10.4. The zero-order valence-electron chi connectivity index (χ0n) is 10.4. The van der Waals surface area contributed by atoms with Crippen molar-refractivity contribution in [3.05, 3.63) is 23.8 Å². The van der Waals surface area contributed by atoms with E-state index in [1.165, 1.54) is 0 Å². The fourth-order valence-electron chi connectivity index (χ4n) is 1.96. The Labute approximate surface area is 97.3 Å². The predicted molar refractivity (Wildman–Crippen MR) is 63.4 cm³/mol. The maximum absolute atomic E-state index is 5.38. The molecular weight excluding hydrogens is 200 g/mol. The molecule has 0 unspecified atom stereocenters. The molecule has 0 aromatic carbocycles. The van der Waals surface area contributed by atoms with Gasteiger partial charge in [-0.2, -0.15) is 0 Å². The number of aromatic nitrogens is 2. The Bertz CT molecular complexity index is 351. The molecule has 16 heavy (non-hydrogen) atoms.